The molecule has 0 aromatic rings. The standard InChI is InChI=1S/C17H29F3N2O5/c1-6-8-13(7-2)25-12-11-22(15(24)27-17(18,19)20)10-9-21-14(23)26-16(3,4)5/h6,8,15,24H,1,7,9-12H2,2-5H3,(H,21,23)/b13-8+. The molecule has 0 saturated carbocycles. The van der Waals surface area contributed by atoms with Gasteiger partial charge in [-0.05, 0) is 26.8 Å². The number of alkyl carbamates (subject to hydrolysis) is 1. The molecule has 1 amide bonds. The fourth-order valence-electron chi connectivity index (χ4n) is 1.84. The van der Waals surface area contributed by atoms with Crippen LogP contribution in [0.5, 0.6) is 0 Å². The molecule has 7 nitrogen and oxygen atoms in total. The van der Waals surface area contributed by atoms with Crippen LogP contribution in [0.3, 0.4) is 0 Å². The van der Waals surface area contributed by atoms with Crippen molar-refractivity contribution in [3.8, 4) is 0 Å². The van der Waals surface area contributed by atoms with Gasteiger partial charge < -0.3 is 19.9 Å². The SMILES string of the molecule is C=C/C=C(\CC)OCCN(CCNC(=O)OC(C)(C)C)C(O)OC(F)(F)F. The number of allylic oxidation sites excluding steroid dienone is 3. The van der Waals surface area contributed by atoms with Crippen molar-refractivity contribution in [2.45, 2.75) is 52.5 Å². The van der Waals surface area contributed by atoms with Gasteiger partial charge in [0.15, 0.2) is 0 Å². The third kappa shape index (κ3) is 14.0. The zero-order valence-electron chi connectivity index (χ0n) is 16.1. The average Bonchev–Trinajstić information content (AvgIpc) is 2.48. The van der Waals surface area contributed by atoms with Crippen molar-refractivity contribution >= 4 is 6.09 Å². The smallest absolute Gasteiger partial charge is 0.497 e. The molecule has 0 fully saturated rings. The Bertz CT molecular complexity index is 490. The Morgan fingerprint density at radius 1 is 1.30 bits per heavy atom. The summed E-state index contributed by atoms with van der Waals surface area (Å²) in [5.41, 5.74) is -0.704. The molecule has 158 valence electrons. The van der Waals surface area contributed by atoms with Crippen LogP contribution in [-0.4, -0.2) is 60.7 Å². The zero-order valence-corrected chi connectivity index (χ0v) is 16.1. The highest BCUT2D eigenvalue weighted by atomic mass is 19.4. The number of ether oxygens (including phenoxy) is 3. The van der Waals surface area contributed by atoms with E-state index < -0.39 is 24.5 Å². The van der Waals surface area contributed by atoms with Crippen molar-refractivity contribution in [3.63, 3.8) is 0 Å². The Kier molecular flexibility index (Phi) is 11.1. The highest BCUT2D eigenvalue weighted by Crippen LogP contribution is 2.19. The van der Waals surface area contributed by atoms with Crippen LogP contribution in [0, 0.1) is 0 Å². The lowest BCUT2D eigenvalue weighted by molar-refractivity contribution is -0.397. The third-order valence-corrected chi connectivity index (χ3v) is 2.94. The molecule has 0 rings (SSSR count). The average molecular weight is 398 g/mol. The first-order valence-electron chi connectivity index (χ1n) is 8.46. The van der Waals surface area contributed by atoms with E-state index in [1.807, 2.05) is 6.92 Å². The normalized spacial score (nSPS) is 14.0. The van der Waals surface area contributed by atoms with Gasteiger partial charge in [-0.25, -0.2) is 14.4 Å². The molecule has 0 spiro atoms. The lowest BCUT2D eigenvalue weighted by Crippen LogP contribution is -2.46. The summed E-state index contributed by atoms with van der Waals surface area (Å²) in [6, 6.07) is 0. The second-order valence-electron chi connectivity index (χ2n) is 6.43. The number of amides is 1. The highest BCUT2D eigenvalue weighted by molar-refractivity contribution is 5.67. The Hall–Kier alpha value is -1.78. The van der Waals surface area contributed by atoms with Crippen molar-refractivity contribution in [1.29, 1.82) is 0 Å². The van der Waals surface area contributed by atoms with E-state index in [4.69, 9.17) is 9.47 Å². The summed E-state index contributed by atoms with van der Waals surface area (Å²) < 4.78 is 51.1. The maximum Gasteiger partial charge on any atom is 0.525 e. The van der Waals surface area contributed by atoms with E-state index in [0.717, 1.165) is 4.90 Å². The number of carbonyl (C=O) groups is 1. The van der Waals surface area contributed by atoms with Crippen LogP contribution in [0.25, 0.3) is 0 Å². The second kappa shape index (κ2) is 11.8. The van der Waals surface area contributed by atoms with Gasteiger partial charge in [0.1, 0.15) is 12.2 Å². The molecule has 0 aromatic heterocycles. The number of nitrogens with zero attached hydrogens (tertiary/aromatic N) is 1. The maximum absolute atomic E-state index is 12.4. The van der Waals surface area contributed by atoms with Crippen molar-refractivity contribution in [2.75, 3.05) is 26.2 Å². The molecule has 1 unspecified atom stereocenters. The van der Waals surface area contributed by atoms with Gasteiger partial charge in [-0.1, -0.05) is 19.6 Å². The minimum atomic E-state index is -5.01. The summed E-state index contributed by atoms with van der Waals surface area (Å²) in [6.07, 6.45) is -4.21. The Labute approximate surface area is 157 Å². The molecule has 0 bridgehead atoms. The van der Waals surface area contributed by atoms with Gasteiger partial charge in [-0.2, -0.15) is 0 Å². The number of carbonyl (C=O) groups excluding carboxylic acids is 1. The summed E-state index contributed by atoms with van der Waals surface area (Å²) in [7, 11) is 0. The van der Waals surface area contributed by atoms with Gasteiger partial charge in [-0.15, -0.1) is 13.2 Å². The molecule has 0 aliphatic carbocycles. The first kappa shape index (κ1) is 25.2. The van der Waals surface area contributed by atoms with Crippen molar-refractivity contribution in [2.24, 2.45) is 0 Å². The number of alkyl halides is 3. The van der Waals surface area contributed by atoms with Gasteiger partial charge in [0.05, 0.1) is 5.76 Å². The molecule has 0 saturated heterocycles. The van der Waals surface area contributed by atoms with Crippen LogP contribution < -0.4 is 5.32 Å². The molecule has 1 atom stereocenters. The lowest BCUT2D eigenvalue weighted by atomic mass is 10.2. The molecular weight excluding hydrogens is 369 g/mol. The summed E-state index contributed by atoms with van der Waals surface area (Å²) in [5.74, 6) is 0.600. The molecule has 0 aromatic carbocycles. The quantitative estimate of drug-likeness (QED) is 0.316. The first-order chi connectivity index (χ1) is 12.4. The molecule has 2 N–H and O–H groups in total. The van der Waals surface area contributed by atoms with E-state index in [0.29, 0.717) is 12.2 Å². The van der Waals surface area contributed by atoms with Crippen LogP contribution >= 0.6 is 0 Å². The maximum atomic E-state index is 12.4. The van der Waals surface area contributed by atoms with Crippen molar-refractivity contribution in [3.05, 3.63) is 24.5 Å². The predicted molar refractivity (Wildman–Crippen MR) is 93.5 cm³/mol. The van der Waals surface area contributed by atoms with E-state index in [2.05, 4.69) is 16.6 Å². The zero-order chi connectivity index (χ0) is 21.1. The molecule has 0 radical (unpaired) electrons. The van der Waals surface area contributed by atoms with E-state index in [9.17, 15) is 23.1 Å². The van der Waals surface area contributed by atoms with Crippen LogP contribution in [0.1, 0.15) is 34.1 Å². The topological polar surface area (TPSA) is 80.3 Å². The van der Waals surface area contributed by atoms with E-state index in [1.165, 1.54) is 6.08 Å². The Balaban J connectivity index is 4.67. The molecule has 10 heteroatoms. The molecule has 0 aliphatic heterocycles. The highest BCUT2D eigenvalue weighted by Gasteiger charge is 2.35. The number of hydrogen-bond donors (Lipinski definition) is 2. The number of rotatable bonds is 11. The van der Waals surface area contributed by atoms with Gasteiger partial charge in [0.2, 0.25) is 6.41 Å². The summed E-state index contributed by atoms with van der Waals surface area (Å²) in [6.45, 7) is 10.2. The fourth-order valence-corrected chi connectivity index (χ4v) is 1.84. The minimum absolute atomic E-state index is 0.0121. The number of hydrogen-bond acceptors (Lipinski definition) is 6. The summed E-state index contributed by atoms with van der Waals surface area (Å²) in [5, 5.41) is 12.1. The summed E-state index contributed by atoms with van der Waals surface area (Å²) >= 11 is 0. The largest absolute Gasteiger partial charge is 0.525 e. The van der Waals surface area contributed by atoms with Crippen LogP contribution in [-0.2, 0) is 14.2 Å². The van der Waals surface area contributed by atoms with Gasteiger partial charge in [0, 0.05) is 26.1 Å². The van der Waals surface area contributed by atoms with Gasteiger partial charge in [0.25, 0.3) is 0 Å². The molecular formula is C17H29F3N2O5. The van der Waals surface area contributed by atoms with Crippen LogP contribution in [0.4, 0.5) is 18.0 Å². The predicted octanol–water partition coefficient (Wildman–Crippen LogP) is 3.12. The Morgan fingerprint density at radius 2 is 1.93 bits per heavy atom. The monoisotopic (exact) mass is 398 g/mol. The van der Waals surface area contributed by atoms with Crippen molar-refractivity contribution in [1.82, 2.24) is 10.2 Å². The van der Waals surface area contributed by atoms with Crippen LogP contribution in [0.2, 0.25) is 0 Å². The van der Waals surface area contributed by atoms with Crippen molar-refractivity contribution < 1.29 is 37.3 Å². The molecule has 0 aliphatic rings. The number of halogens is 3. The van der Waals surface area contributed by atoms with E-state index in [-0.39, 0.29) is 26.2 Å². The third-order valence-electron chi connectivity index (χ3n) is 2.94. The minimum Gasteiger partial charge on any atom is -0.497 e. The van der Waals surface area contributed by atoms with Crippen LogP contribution in [0.15, 0.2) is 24.5 Å². The van der Waals surface area contributed by atoms with E-state index >= 15 is 0 Å². The molecule has 27 heavy (non-hydrogen) atoms. The lowest BCUT2D eigenvalue weighted by Gasteiger charge is -2.28. The fraction of sp³-hybridized carbons (Fsp3) is 0.706. The summed E-state index contributed by atoms with van der Waals surface area (Å²) in [4.78, 5) is 12.6. The number of nitrogens with one attached hydrogen (secondary N) is 1. The first-order valence-corrected chi connectivity index (χ1v) is 8.46. The van der Waals surface area contributed by atoms with Gasteiger partial charge in [-0.3, -0.25) is 0 Å². The molecule has 0 heterocycles. The number of aliphatic hydroxyl groups is 1. The second-order valence-corrected chi connectivity index (χ2v) is 6.43. The van der Waals surface area contributed by atoms with E-state index in [1.54, 1.807) is 26.8 Å². The Morgan fingerprint density at radius 3 is 2.41 bits per heavy atom. The number of aliphatic hydroxyl groups excluding tert-OH is 1. The van der Waals surface area contributed by atoms with Gasteiger partial charge >= 0.3 is 12.5 Å².